The first-order valence-electron chi connectivity index (χ1n) is 6.42. The predicted molar refractivity (Wildman–Crippen MR) is 83.0 cm³/mol. The van der Waals surface area contributed by atoms with Crippen LogP contribution in [0.3, 0.4) is 0 Å². The number of rotatable bonds is 6. The zero-order valence-corrected chi connectivity index (χ0v) is 12.7. The Kier molecular flexibility index (Phi) is 5.57. The van der Waals surface area contributed by atoms with Gasteiger partial charge in [0, 0.05) is 10.6 Å². The first-order chi connectivity index (χ1) is 9.74. The van der Waals surface area contributed by atoms with Crippen molar-refractivity contribution in [3.63, 3.8) is 0 Å². The lowest BCUT2D eigenvalue weighted by molar-refractivity contribution is 0.267. The Morgan fingerprint density at radius 2 is 1.75 bits per heavy atom. The highest BCUT2D eigenvalue weighted by Crippen LogP contribution is 2.33. The normalized spacial score (nSPS) is 10.3. The Morgan fingerprint density at radius 1 is 1.00 bits per heavy atom. The molecule has 106 valence electrons. The van der Waals surface area contributed by atoms with Crippen molar-refractivity contribution >= 4 is 23.2 Å². The van der Waals surface area contributed by atoms with Gasteiger partial charge in [-0.15, -0.1) is 11.6 Å². The van der Waals surface area contributed by atoms with E-state index in [0.717, 1.165) is 16.9 Å². The second-order valence-electron chi connectivity index (χ2n) is 4.23. The molecule has 0 unspecified atom stereocenters. The lowest BCUT2D eigenvalue weighted by atomic mass is 10.2. The molecule has 0 amide bonds. The number of alkyl halides is 1. The molecule has 0 heterocycles. The lowest BCUT2D eigenvalue weighted by Gasteiger charge is -2.15. The quantitative estimate of drug-likeness (QED) is 0.695. The number of para-hydroxylation sites is 1. The van der Waals surface area contributed by atoms with Crippen LogP contribution < -0.4 is 9.47 Å². The monoisotopic (exact) mass is 310 g/mol. The summed E-state index contributed by atoms with van der Waals surface area (Å²) in [6.45, 7) is 2.98. The molecule has 0 atom stereocenters. The molecule has 0 fully saturated rings. The highest BCUT2D eigenvalue weighted by Gasteiger charge is 2.10. The fourth-order valence-electron chi connectivity index (χ4n) is 1.84. The lowest BCUT2D eigenvalue weighted by Crippen LogP contribution is -2.02. The topological polar surface area (TPSA) is 18.5 Å². The van der Waals surface area contributed by atoms with Crippen LogP contribution in [-0.2, 0) is 12.5 Å². The van der Waals surface area contributed by atoms with Crippen LogP contribution in [0.2, 0.25) is 5.02 Å². The highest BCUT2D eigenvalue weighted by atomic mass is 35.5. The van der Waals surface area contributed by atoms with E-state index in [1.165, 1.54) is 0 Å². The van der Waals surface area contributed by atoms with Crippen molar-refractivity contribution in [3.05, 3.63) is 58.6 Å². The van der Waals surface area contributed by atoms with E-state index >= 15 is 0 Å². The van der Waals surface area contributed by atoms with Gasteiger partial charge in [0.05, 0.1) is 12.5 Å². The Bertz CT molecular complexity index is 553. The maximum Gasteiger partial charge on any atom is 0.166 e. The number of hydrogen-bond acceptors (Lipinski definition) is 2. The van der Waals surface area contributed by atoms with Crippen molar-refractivity contribution in [1.29, 1.82) is 0 Å². The second kappa shape index (κ2) is 7.41. The van der Waals surface area contributed by atoms with Crippen molar-refractivity contribution in [3.8, 4) is 11.5 Å². The Labute approximate surface area is 129 Å². The van der Waals surface area contributed by atoms with Crippen molar-refractivity contribution in [2.24, 2.45) is 0 Å². The van der Waals surface area contributed by atoms with Crippen LogP contribution in [0.15, 0.2) is 42.5 Å². The summed E-state index contributed by atoms with van der Waals surface area (Å²) in [5.41, 5.74) is 1.97. The van der Waals surface area contributed by atoms with E-state index in [9.17, 15) is 0 Å². The van der Waals surface area contributed by atoms with Gasteiger partial charge in [0.2, 0.25) is 0 Å². The van der Waals surface area contributed by atoms with Gasteiger partial charge in [-0.25, -0.2) is 0 Å². The summed E-state index contributed by atoms with van der Waals surface area (Å²) in [4.78, 5) is 0. The summed E-state index contributed by atoms with van der Waals surface area (Å²) in [7, 11) is 0. The molecule has 2 aromatic rings. The zero-order chi connectivity index (χ0) is 14.4. The molecule has 0 aliphatic rings. The highest BCUT2D eigenvalue weighted by molar-refractivity contribution is 6.30. The third kappa shape index (κ3) is 3.81. The van der Waals surface area contributed by atoms with Gasteiger partial charge in [0.15, 0.2) is 11.5 Å². The average Bonchev–Trinajstić information content (AvgIpc) is 2.47. The third-order valence-corrected chi connectivity index (χ3v) is 3.34. The maximum atomic E-state index is 5.95. The van der Waals surface area contributed by atoms with Gasteiger partial charge in [0.25, 0.3) is 0 Å². The number of hydrogen-bond donors (Lipinski definition) is 0. The summed E-state index contributed by atoms with van der Waals surface area (Å²) < 4.78 is 11.5. The minimum atomic E-state index is 0.386. The van der Waals surface area contributed by atoms with Gasteiger partial charge < -0.3 is 9.47 Å². The number of halogens is 2. The van der Waals surface area contributed by atoms with Crippen molar-refractivity contribution < 1.29 is 9.47 Å². The van der Waals surface area contributed by atoms with E-state index in [1.54, 1.807) is 0 Å². The largest absolute Gasteiger partial charge is 0.490 e. The average molecular weight is 311 g/mol. The summed E-state index contributed by atoms with van der Waals surface area (Å²) in [5, 5.41) is 0.713. The van der Waals surface area contributed by atoms with Gasteiger partial charge in [-0.05, 0) is 30.7 Å². The molecule has 0 saturated heterocycles. The van der Waals surface area contributed by atoms with Gasteiger partial charge in [-0.1, -0.05) is 35.9 Å². The molecular formula is C16H16Cl2O2. The molecule has 0 aromatic heterocycles. The molecule has 2 aromatic carbocycles. The molecule has 4 heteroatoms. The molecule has 0 saturated carbocycles. The molecule has 2 nitrogen and oxygen atoms in total. The molecule has 20 heavy (non-hydrogen) atoms. The number of ether oxygens (including phenoxy) is 2. The van der Waals surface area contributed by atoms with Gasteiger partial charge in [0.1, 0.15) is 6.61 Å². The van der Waals surface area contributed by atoms with Crippen molar-refractivity contribution in [2.45, 2.75) is 19.4 Å². The van der Waals surface area contributed by atoms with Gasteiger partial charge in [-0.3, -0.25) is 0 Å². The summed E-state index contributed by atoms with van der Waals surface area (Å²) in [6.07, 6.45) is 0. The van der Waals surface area contributed by atoms with Crippen LogP contribution in [-0.4, -0.2) is 6.61 Å². The Morgan fingerprint density at radius 3 is 2.40 bits per heavy atom. The predicted octanol–water partition coefficient (Wildman–Crippen LogP) is 5.06. The van der Waals surface area contributed by atoms with Crippen LogP contribution >= 0.6 is 23.2 Å². The molecule has 0 bridgehead atoms. The minimum absolute atomic E-state index is 0.386. The van der Waals surface area contributed by atoms with E-state index in [2.05, 4.69) is 0 Å². The van der Waals surface area contributed by atoms with Crippen molar-refractivity contribution in [1.82, 2.24) is 0 Å². The molecule has 0 spiro atoms. The first-order valence-corrected chi connectivity index (χ1v) is 7.33. The van der Waals surface area contributed by atoms with Crippen LogP contribution in [0.25, 0.3) is 0 Å². The zero-order valence-electron chi connectivity index (χ0n) is 11.2. The van der Waals surface area contributed by atoms with E-state index in [-0.39, 0.29) is 0 Å². The smallest absolute Gasteiger partial charge is 0.166 e. The molecule has 0 radical (unpaired) electrons. The maximum absolute atomic E-state index is 5.95. The Hall–Kier alpha value is -1.38. The molecular weight excluding hydrogens is 295 g/mol. The van der Waals surface area contributed by atoms with Crippen molar-refractivity contribution in [2.75, 3.05) is 6.61 Å². The van der Waals surface area contributed by atoms with Crippen LogP contribution in [0.5, 0.6) is 11.5 Å². The standard InChI is InChI=1S/C16H16Cl2O2/c1-2-19-15-5-3-4-13(10-17)16(15)20-11-12-6-8-14(18)9-7-12/h3-9H,2,10-11H2,1H3. The van der Waals surface area contributed by atoms with Crippen LogP contribution in [0.4, 0.5) is 0 Å². The van der Waals surface area contributed by atoms with E-state index < -0.39 is 0 Å². The fourth-order valence-corrected chi connectivity index (χ4v) is 2.17. The van der Waals surface area contributed by atoms with E-state index in [4.69, 9.17) is 32.7 Å². The van der Waals surface area contributed by atoms with Gasteiger partial charge >= 0.3 is 0 Å². The summed E-state index contributed by atoms with van der Waals surface area (Å²) >= 11 is 11.8. The number of benzene rings is 2. The SMILES string of the molecule is CCOc1cccc(CCl)c1OCc1ccc(Cl)cc1. The second-order valence-corrected chi connectivity index (χ2v) is 4.93. The Balaban J connectivity index is 2.16. The van der Waals surface area contributed by atoms with E-state index in [1.807, 2.05) is 49.4 Å². The third-order valence-electron chi connectivity index (χ3n) is 2.80. The molecule has 0 aliphatic heterocycles. The molecule has 2 rings (SSSR count). The van der Waals surface area contributed by atoms with Gasteiger partial charge in [-0.2, -0.15) is 0 Å². The van der Waals surface area contributed by atoms with Crippen LogP contribution in [0, 0.1) is 0 Å². The minimum Gasteiger partial charge on any atom is -0.490 e. The molecule has 0 aliphatic carbocycles. The fraction of sp³-hybridized carbons (Fsp3) is 0.250. The van der Waals surface area contributed by atoms with Crippen LogP contribution in [0.1, 0.15) is 18.1 Å². The summed E-state index contributed by atoms with van der Waals surface area (Å²) in [6, 6.07) is 13.3. The summed E-state index contributed by atoms with van der Waals surface area (Å²) in [5.74, 6) is 1.82. The van der Waals surface area contributed by atoms with E-state index in [0.29, 0.717) is 29.9 Å². The molecule has 0 N–H and O–H groups in total. The first kappa shape index (κ1) is 15.0.